The van der Waals surface area contributed by atoms with E-state index in [2.05, 4.69) is 9.47 Å². The Morgan fingerprint density at radius 2 is 2.14 bits per heavy atom. The van der Waals surface area contributed by atoms with E-state index < -0.39 is 18.6 Å². The fourth-order valence-electron chi connectivity index (χ4n) is 3.80. The minimum Gasteiger partial charge on any atom is -0.390 e. The first-order valence-electron chi connectivity index (χ1n) is 8.08. The summed E-state index contributed by atoms with van der Waals surface area (Å²) in [5, 5.41) is 19.6. The van der Waals surface area contributed by atoms with Crippen molar-refractivity contribution in [1.82, 2.24) is 0 Å². The Morgan fingerprint density at radius 3 is 2.81 bits per heavy atom. The molecule has 0 radical (unpaired) electrons. The van der Waals surface area contributed by atoms with Gasteiger partial charge in [0.2, 0.25) is 0 Å². The van der Waals surface area contributed by atoms with Crippen molar-refractivity contribution >= 4 is 9.47 Å². The van der Waals surface area contributed by atoms with Crippen molar-refractivity contribution in [2.24, 2.45) is 11.8 Å². The highest BCUT2D eigenvalue weighted by molar-refractivity contribution is 7.09. The molecule has 0 aromatic carbocycles. The van der Waals surface area contributed by atoms with Gasteiger partial charge in [-0.25, -0.2) is 4.39 Å². The fourth-order valence-corrected chi connectivity index (χ4v) is 4.11. The molecule has 8 atom stereocenters. The summed E-state index contributed by atoms with van der Waals surface area (Å²) in [6.07, 6.45) is 2.09. The van der Waals surface area contributed by atoms with E-state index in [0.717, 1.165) is 19.3 Å². The van der Waals surface area contributed by atoms with E-state index in [4.69, 9.17) is 9.26 Å². The van der Waals surface area contributed by atoms with E-state index in [1.54, 1.807) is 0 Å². The molecular weight excluding hydrogens is 294 g/mol. The van der Waals surface area contributed by atoms with Gasteiger partial charge in [-0.3, -0.25) is 0 Å². The number of hydrogen-bond acceptors (Lipinski definition) is 4. The standard InChI is InChI=1S/C15H28FO4P/c1-2-3-4-11(16)12(17)6-5-9-10-7-15(18)19-13(10)8-14(9)20-21/h9-15,17-18H,2-8,21H2,1H3/t9-,10?,11?,12?,13?,14?,15?/m1/s1. The lowest BCUT2D eigenvalue weighted by Gasteiger charge is -2.24. The van der Waals surface area contributed by atoms with Gasteiger partial charge < -0.3 is 19.5 Å². The first-order valence-corrected chi connectivity index (χ1v) is 8.55. The van der Waals surface area contributed by atoms with Crippen LogP contribution in [-0.4, -0.2) is 41.0 Å². The molecule has 2 N–H and O–H groups in total. The van der Waals surface area contributed by atoms with Crippen molar-refractivity contribution in [1.29, 1.82) is 0 Å². The van der Waals surface area contributed by atoms with Crippen LogP contribution in [-0.2, 0) is 9.26 Å². The zero-order chi connectivity index (χ0) is 15.4. The average Bonchev–Trinajstić information content (AvgIpc) is 2.97. The van der Waals surface area contributed by atoms with Crippen LogP contribution in [0.25, 0.3) is 0 Å². The molecule has 1 saturated carbocycles. The smallest absolute Gasteiger partial charge is 0.155 e. The van der Waals surface area contributed by atoms with Crippen LogP contribution in [0.3, 0.4) is 0 Å². The number of ether oxygens (including phenoxy) is 1. The van der Waals surface area contributed by atoms with Gasteiger partial charge in [-0.2, -0.15) is 0 Å². The summed E-state index contributed by atoms with van der Waals surface area (Å²) in [6, 6.07) is 0. The summed E-state index contributed by atoms with van der Waals surface area (Å²) < 4.78 is 24.7. The number of rotatable bonds is 8. The lowest BCUT2D eigenvalue weighted by atomic mass is 9.86. The molecule has 1 heterocycles. The van der Waals surface area contributed by atoms with Gasteiger partial charge >= 0.3 is 0 Å². The summed E-state index contributed by atoms with van der Waals surface area (Å²) >= 11 is 0. The maximum Gasteiger partial charge on any atom is 0.155 e. The lowest BCUT2D eigenvalue weighted by Crippen LogP contribution is -2.26. The average molecular weight is 322 g/mol. The molecule has 0 bridgehead atoms. The van der Waals surface area contributed by atoms with Crippen LogP contribution in [0.5, 0.6) is 0 Å². The van der Waals surface area contributed by atoms with Gasteiger partial charge in [0.25, 0.3) is 0 Å². The largest absolute Gasteiger partial charge is 0.390 e. The van der Waals surface area contributed by atoms with E-state index >= 15 is 0 Å². The minimum absolute atomic E-state index is 0.0361. The van der Waals surface area contributed by atoms with Crippen LogP contribution in [0.2, 0.25) is 0 Å². The van der Waals surface area contributed by atoms with Crippen molar-refractivity contribution in [2.45, 2.75) is 82.6 Å². The molecule has 2 fully saturated rings. The van der Waals surface area contributed by atoms with Gasteiger partial charge in [0.15, 0.2) is 6.29 Å². The minimum atomic E-state index is -1.14. The molecular formula is C15H28FO4P. The summed E-state index contributed by atoms with van der Waals surface area (Å²) in [4.78, 5) is 0. The van der Waals surface area contributed by atoms with E-state index in [1.807, 2.05) is 6.92 Å². The Morgan fingerprint density at radius 1 is 1.38 bits per heavy atom. The SMILES string of the molecule is CCCCC(F)C(O)CC[C@H]1C(OP)CC2OC(O)CC21. The topological polar surface area (TPSA) is 58.9 Å². The van der Waals surface area contributed by atoms with E-state index in [-0.39, 0.29) is 24.0 Å². The molecule has 0 spiro atoms. The van der Waals surface area contributed by atoms with E-state index in [0.29, 0.717) is 25.7 Å². The van der Waals surface area contributed by atoms with Gasteiger partial charge in [-0.1, -0.05) is 19.8 Å². The third kappa shape index (κ3) is 4.35. The third-order valence-electron chi connectivity index (χ3n) is 5.00. The molecule has 0 aromatic rings. The number of unbranched alkanes of at least 4 members (excludes halogenated alkanes) is 1. The Labute approximate surface area is 128 Å². The van der Waals surface area contributed by atoms with Crippen LogP contribution in [0, 0.1) is 11.8 Å². The predicted octanol–water partition coefficient (Wildman–Crippen LogP) is 2.57. The molecule has 21 heavy (non-hydrogen) atoms. The maximum absolute atomic E-state index is 13.8. The van der Waals surface area contributed by atoms with Gasteiger partial charge in [0.1, 0.15) is 6.17 Å². The molecule has 1 saturated heterocycles. The fraction of sp³-hybridized carbons (Fsp3) is 1.00. The quantitative estimate of drug-likeness (QED) is 0.674. The van der Waals surface area contributed by atoms with Crippen LogP contribution >= 0.6 is 9.47 Å². The third-order valence-corrected chi connectivity index (χ3v) is 5.35. The first-order chi connectivity index (χ1) is 10.1. The second-order valence-corrected chi connectivity index (χ2v) is 6.68. The van der Waals surface area contributed by atoms with Crippen LogP contribution < -0.4 is 0 Å². The number of aliphatic hydroxyl groups excluding tert-OH is 2. The Balaban J connectivity index is 1.82. The van der Waals surface area contributed by atoms with E-state index in [9.17, 15) is 14.6 Å². The van der Waals surface area contributed by atoms with Crippen LogP contribution in [0.4, 0.5) is 4.39 Å². The molecule has 4 nitrogen and oxygen atoms in total. The Bertz CT molecular complexity index is 320. The second-order valence-electron chi connectivity index (χ2n) is 6.41. The highest BCUT2D eigenvalue weighted by atomic mass is 31.0. The highest BCUT2D eigenvalue weighted by Crippen LogP contribution is 2.46. The number of aliphatic hydroxyl groups is 2. The summed E-state index contributed by atoms with van der Waals surface area (Å²) in [5.74, 6) is 0.476. The molecule has 2 rings (SSSR count). The molecule has 2 aliphatic rings. The van der Waals surface area contributed by atoms with E-state index in [1.165, 1.54) is 0 Å². The Hall–Kier alpha value is 0.200. The van der Waals surface area contributed by atoms with Crippen molar-refractivity contribution in [2.75, 3.05) is 0 Å². The van der Waals surface area contributed by atoms with Gasteiger partial charge in [-0.15, -0.1) is 0 Å². The van der Waals surface area contributed by atoms with Gasteiger partial charge in [-0.05, 0) is 31.1 Å². The molecule has 1 aliphatic heterocycles. The number of halogens is 1. The zero-order valence-corrected chi connectivity index (χ0v) is 13.8. The summed E-state index contributed by atoms with van der Waals surface area (Å²) in [7, 11) is 2.29. The number of hydrogen-bond donors (Lipinski definition) is 2. The number of fused-ring (bicyclic) bond motifs is 1. The van der Waals surface area contributed by atoms with Gasteiger partial charge in [0, 0.05) is 22.3 Å². The molecule has 0 amide bonds. The van der Waals surface area contributed by atoms with Crippen molar-refractivity contribution in [3.63, 3.8) is 0 Å². The Kier molecular flexibility index (Phi) is 6.82. The lowest BCUT2D eigenvalue weighted by molar-refractivity contribution is -0.0939. The summed E-state index contributed by atoms with van der Waals surface area (Å²) in [5.41, 5.74) is 0. The molecule has 6 heteroatoms. The second kappa shape index (κ2) is 8.16. The number of alkyl halides is 1. The van der Waals surface area contributed by atoms with Crippen molar-refractivity contribution in [3.8, 4) is 0 Å². The monoisotopic (exact) mass is 322 g/mol. The van der Waals surface area contributed by atoms with Crippen molar-refractivity contribution < 1.29 is 23.9 Å². The zero-order valence-electron chi connectivity index (χ0n) is 12.7. The van der Waals surface area contributed by atoms with Crippen molar-refractivity contribution in [3.05, 3.63) is 0 Å². The normalized spacial score (nSPS) is 38.4. The molecule has 1 aliphatic carbocycles. The molecule has 124 valence electrons. The molecule has 0 aromatic heterocycles. The molecule has 7 unspecified atom stereocenters. The highest BCUT2D eigenvalue weighted by Gasteiger charge is 2.49. The first kappa shape index (κ1) is 17.6. The van der Waals surface area contributed by atoms with Crippen LogP contribution in [0.15, 0.2) is 0 Å². The van der Waals surface area contributed by atoms with Gasteiger partial charge in [0.05, 0.1) is 18.3 Å². The summed E-state index contributed by atoms with van der Waals surface area (Å²) in [6.45, 7) is 2.02. The van der Waals surface area contributed by atoms with Crippen LogP contribution in [0.1, 0.15) is 51.9 Å². The predicted molar refractivity (Wildman–Crippen MR) is 81.3 cm³/mol. The maximum atomic E-state index is 13.8.